The van der Waals surface area contributed by atoms with Crippen LogP contribution < -0.4 is 10.6 Å². The van der Waals surface area contributed by atoms with E-state index in [2.05, 4.69) is 72.8 Å². The van der Waals surface area contributed by atoms with E-state index in [9.17, 15) is 0 Å². The fourth-order valence-corrected chi connectivity index (χ4v) is 2.97. The predicted octanol–water partition coefficient (Wildman–Crippen LogP) is 6.75. The molecule has 4 nitrogen and oxygen atoms in total. The molecular formula is C23H23N3O. The maximum atomic E-state index is 5.88. The molecule has 0 fully saturated rings. The average Bonchev–Trinajstić information content (AvgIpc) is 3.06. The number of oxazole rings is 1. The Balaban J connectivity index is 1.61. The number of nitrogens with zero attached hydrogens (tertiary/aromatic N) is 1. The summed E-state index contributed by atoms with van der Waals surface area (Å²) in [5, 5.41) is 6.75. The molecular weight excluding hydrogens is 334 g/mol. The monoisotopic (exact) mass is 357 g/mol. The molecule has 0 unspecified atom stereocenters. The first-order chi connectivity index (χ1) is 13.1. The highest BCUT2D eigenvalue weighted by molar-refractivity contribution is 5.80. The van der Waals surface area contributed by atoms with Crippen LogP contribution in [0.5, 0.6) is 0 Å². The van der Waals surface area contributed by atoms with Crippen molar-refractivity contribution in [3.63, 3.8) is 0 Å². The number of para-hydroxylation sites is 2. The second-order valence-electron chi connectivity index (χ2n) is 7.06. The van der Waals surface area contributed by atoms with Crippen molar-refractivity contribution in [2.24, 2.45) is 0 Å². The zero-order valence-corrected chi connectivity index (χ0v) is 15.8. The van der Waals surface area contributed by atoms with Gasteiger partial charge < -0.3 is 15.1 Å². The van der Waals surface area contributed by atoms with Gasteiger partial charge in [-0.25, -0.2) is 0 Å². The minimum Gasteiger partial charge on any atom is -0.423 e. The number of fused-ring (bicyclic) bond motifs is 1. The quantitative estimate of drug-likeness (QED) is 0.415. The standard InChI is InChI=1S/C23H23N3O/c1-15(2)17-10-13-22-21(14-17)26-23(27-22)25-20-7-5-4-6-19(20)24-18-11-8-16(3)9-12-18/h4-15,24H,1-3H3,(H,25,26). The number of aromatic nitrogens is 1. The van der Waals surface area contributed by atoms with Gasteiger partial charge in [0.25, 0.3) is 6.01 Å². The van der Waals surface area contributed by atoms with E-state index in [1.165, 1.54) is 11.1 Å². The maximum absolute atomic E-state index is 5.88. The molecule has 1 heterocycles. The van der Waals surface area contributed by atoms with Crippen LogP contribution in [0.15, 0.2) is 71.1 Å². The largest absolute Gasteiger partial charge is 0.423 e. The molecule has 0 spiro atoms. The van der Waals surface area contributed by atoms with Crippen molar-refractivity contribution >= 4 is 34.2 Å². The number of anilines is 4. The van der Waals surface area contributed by atoms with Crippen molar-refractivity contribution in [3.05, 3.63) is 77.9 Å². The third kappa shape index (κ3) is 3.80. The molecule has 2 N–H and O–H groups in total. The van der Waals surface area contributed by atoms with Gasteiger partial charge in [-0.05, 0) is 54.8 Å². The van der Waals surface area contributed by atoms with Crippen LogP contribution in [0.4, 0.5) is 23.1 Å². The highest BCUT2D eigenvalue weighted by Crippen LogP contribution is 2.30. The van der Waals surface area contributed by atoms with Crippen LogP contribution in [0.2, 0.25) is 0 Å². The highest BCUT2D eigenvalue weighted by Gasteiger charge is 2.10. The number of rotatable bonds is 5. The molecule has 0 saturated heterocycles. The molecule has 4 aromatic rings. The summed E-state index contributed by atoms with van der Waals surface area (Å²) in [4.78, 5) is 4.61. The SMILES string of the molecule is Cc1ccc(Nc2ccccc2Nc2nc3cc(C(C)C)ccc3o2)cc1. The van der Waals surface area contributed by atoms with Gasteiger partial charge in [-0.15, -0.1) is 0 Å². The summed E-state index contributed by atoms with van der Waals surface area (Å²) in [5.74, 6) is 0.460. The molecule has 136 valence electrons. The van der Waals surface area contributed by atoms with Crippen LogP contribution in [0.3, 0.4) is 0 Å². The predicted molar refractivity (Wildman–Crippen MR) is 112 cm³/mol. The van der Waals surface area contributed by atoms with Gasteiger partial charge in [-0.3, -0.25) is 0 Å². The van der Waals surface area contributed by atoms with E-state index in [-0.39, 0.29) is 0 Å². The normalized spacial score (nSPS) is 11.1. The minimum atomic E-state index is 0.460. The van der Waals surface area contributed by atoms with Gasteiger partial charge >= 0.3 is 0 Å². The van der Waals surface area contributed by atoms with E-state index in [1.807, 2.05) is 30.3 Å². The third-order valence-electron chi connectivity index (χ3n) is 4.58. The molecule has 0 aliphatic heterocycles. The Bertz CT molecular complexity index is 1060. The molecule has 3 aromatic carbocycles. The van der Waals surface area contributed by atoms with Crippen molar-refractivity contribution in [1.82, 2.24) is 4.98 Å². The molecule has 27 heavy (non-hydrogen) atoms. The van der Waals surface area contributed by atoms with E-state index in [4.69, 9.17) is 4.42 Å². The Morgan fingerprint density at radius 2 is 1.56 bits per heavy atom. The fraction of sp³-hybridized carbons (Fsp3) is 0.174. The number of hydrogen-bond acceptors (Lipinski definition) is 4. The summed E-state index contributed by atoms with van der Waals surface area (Å²) in [7, 11) is 0. The lowest BCUT2D eigenvalue weighted by molar-refractivity contribution is 0.623. The van der Waals surface area contributed by atoms with Gasteiger partial charge in [0.05, 0.1) is 11.4 Å². The Morgan fingerprint density at radius 3 is 2.26 bits per heavy atom. The van der Waals surface area contributed by atoms with Gasteiger partial charge in [0, 0.05) is 5.69 Å². The van der Waals surface area contributed by atoms with E-state index in [0.29, 0.717) is 11.9 Å². The molecule has 0 saturated carbocycles. The molecule has 0 radical (unpaired) electrons. The minimum absolute atomic E-state index is 0.460. The van der Waals surface area contributed by atoms with Gasteiger partial charge in [-0.2, -0.15) is 4.98 Å². The lowest BCUT2D eigenvalue weighted by Gasteiger charge is -2.12. The van der Waals surface area contributed by atoms with E-state index >= 15 is 0 Å². The fourth-order valence-electron chi connectivity index (χ4n) is 2.97. The Labute approximate surface area is 159 Å². The lowest BCUT2D eigenvalue weighted by Crippen LogP contribution is -1.97. The number of benzene rings is 3. The first-order valence-corrected chi connectivity index (χ1v) is 9.19. The van der Waals surface area contributed by atoms with Crippen molar-refractivity contribution < 1.29 is 4.42 Å². The first kappa shape index (κ1) is 17.2. The zero-order chi connectivity index (χ0) is 18.8. The summed E-state index contributed by atoms with van der Waals surface area (Å²) in [6, 6.07) is 23.0. The van der Waals surface area contributed by atoms with Gasteiger partial charge in [0.15, 0.2) is 5.58 Å². The Kier molecular flexibility index (Phi) is 4.55. The maximum Gasteiger partial charge on any atom is 0.300 e. The third-order valence-corrected chi connectivity index (χ3v) is 4.58. The summed E-state index contributed by atoms with van der Waals surface area (Å²) in [6.45, 7) is 6.43. The van der Waals surface area contributed by atoms with Gasteiger partial charge in [0.1, 0.15) is 5.52 Å². The number of hydrogen-bond donors (Lipinski definition) is 2. The highest BCUT2D eigenvalue weighted by atomic mass is 16.4. The van der Waals surface area contributed by atoms with Crippen LogP contribution in [0.25, 0.3) is 11.1 Å². The van der Waals surface area contributed by atoms with E-state index in [0.717, 1.165) is 28.2 Å². The molecule has 4 rings (SSSR count). The molecule has 4 heteroatoms. The number of nitrogens with one attached hydrogen (secondary N) is 2. The first-order valence-electron chi connectivity index (χ1n) is 9.19. The number of aryl methyl sites for hydroxylation is 1. The molecule has 0 aliphatic carbocycles. The van der Waals surface area contributed by atoms with Crippen molar-refractivity contribution in [1.29, 1.82) is 0 Å². The van der Waals surface area contributed by atoms with E-state index in [1.54, 1.807) is 0 Å². The summed E-state index contributed by atoms with van der Waals surface area (Å²) in [6.07, 6.45) is 0. The van der Waals surface area contributed by atoms with Crippen LogP contribution in [0, 0.1) is 6.92 Å². The zero-order valence-electron chi connectivity index (χ0n) is 15.8. The summed E-state index contributed by atoms with van der Waals surface area (Å²) < 4.78 is 5.88. The van der Waals surface area contributed by atoms with E-state index < -0.39 is 0 Å². The molecule has 0 amide bonds. The van der Waals surface area contributed by atoms with Crippen LogP contribution >= 0.6 is 0 Å². The van der Waals surface area contributed by atoms with Gasteiger partial charge in [-0.1, -0.05) is 49.7 Å². The molecule has 0 atom stereocenters. The van der Waals surface area contributed by atoms with Crippen LogP contribution in [-0.4, -0.2) is 4.98 Å². The van der Waals surface area contributed by atoms with Gasteiger partial charge in [0.2, 0.25) is 0 Å². The molecule has 0 bridgehead atoms. The molecule has 1 aromatic heterocycles. The smallest absolute Gasteiger partial charge is 0.300 e. The Morgan fingerprint density at radius 1 is 0.852 bits per heavy atom. The average molecular weight is 357 g/mol. The summed E-state index contributed by atoms with van der Waals surface area (Å²) >= 11 is 0. The van der Waals surface area contributed by atoms with Crippen LogP contribution in [0.1, 0.15) is 30.9 Å². The van der Waals surface area contributed by atoms with Crippen molar-refractivity contribution in [2.45, 2.75) is 26.7 Å². The Hall–Kier alpha value is -3.27. The van der Waals surface area contributed by atoms with Crippen molar-refractivity contribution in [2.75, 3.05) is 10.6 Å². The second kappa shape index (κ2) is 7.16. The lowest BCUT2D eigenvalue weighted by atomic mass is 10.0. The van der Waals surface area contributed by atoms with Crippen molar-refractivity contribution in [3.8, 4) is 0 Å². The second-order valence-corrected chi connectivity index (χ2v) is 7.06. The topological polar surface area (TPSA) is 50.1 Å². The van der Waals surface area contributed by atoms with Crippen LogP contribution in [-0.2, 0) is 0 Å². The summed E-state index contributed by atoms with van der Waals surface area (Å²) in [5.41, 5.74) is 7.05. The molecule has 0 aliphatic rings.